The number of methoxy groups -OCH3 is 1. The summed E-state index contributed by atoms with van der Waals surface area (Å²) in [5.74, 6) is 1.43. The summed E-state index contributed by atoms with van der Waals surface area (Å²) in [4.78, 5) is 4.16. The first-order valence-electron chi connectivity index (χ1n) is 6.35. The van der Waals surface area contributed by atoms with Crippen molar-refractivity contribution in [3.8, 4) is 11.8 Å². The van der Waals surface area contributed by atoms with Crippen molar-refractivity contribution < 1.29 is 4.74 Å². The highest BCUT2D eigenvalue weighted by molar-refractivity contribution is 5.45. The lowest BCUT2D eigenvalue weighted by Crippen LogP contribution is -2.17. The third-order valence-electron chi connectivity index (χ3n) is 2.89. The van der Waals surface area contributed by atoms with Crippen LogP contribution in [0.25, 0.3) is 0 Å². The summed E-state index contributed by atoms with van der Waals surface area (Å²) in [5.41, 5.74) is 1.61. The largest absolute Gasteiger partial charge is 0.495 e. The Morgan fingerprint density at radius 3 is 2.95 bits per heavy atom. The zero-order chi connectivity index (χ0) is 14.4. The van der Waals surface area contributed by atoms with Crippen LogP contribution in [-0.4, -0.2) is 28.4 Å². The van der Waals surface area contributed by atoms with Crippen LogP contribution in [0.4, 0.5) is 0 Å². The van der Waals surface area contributed by atoms with Crippen molar-refractivity contribution in [3.05, 3.63) is 41.5 Å². The van der Waals surface area contributed by atoms with E-state index in [0.29, 0.717) is 17.9 Å². The first-order valence-corrected chi connectivity index (χ1v) is 6.35. The lowest BCUT2D eigenvalue weighted by molar-refractivity contribution is 0.413. The number of benzene rings is 1. The van der Waals surface area contributed by atoms with Gasteiger partial charge >= 0.3 is 0 Å². The minimum Gasteiger partial charge on any atom is -0.495 e. The molecule has 6 nitrogen and oxygen atoms in total. The van der Waals surface area contributed by atoms with E-state index in [2.05, 4.69) is 21.5 Å². The highest BCUT2D eigenvalue weighted by Gasteiger charge is 2.03. The second kappa shape index (κ2) is 6.68. The van der Waals surface area contributed by atoms with Crippen LogP contribution in [0, 0.1) is 11.3 Å². The quantitative estimate of drug-likeness (QED) is 0.794. The molecule has 0 unspecified atom stereocenters. The summed E-state index contributed by atoms with van der Waals surface area (Å²) < 4.78 is 6.81. The summed E-state index contributed by atoms with van der Waals surface area (Å²) in [5, 5.41) is 16.5. The van der Waals surface area contributed by atoms with Crippen LogP contribution >= 0.6 is 0 Å². The Bertz CT molecular complexity index is 614. The molecule has 0 aliphatic heterocycles. The van der Waals surface area contributed by atoms with Crippen molar-refractivity contribution in [3.63, 3.8) is 0 Å². The lowest BCUT2D eigenvalue weighted by atomic mass is 10.1. The molecule has 1 heterocycles. The monoisotopic (exact) mass is 271 g/mol. The molecule has 2 rings (SSSR count). The van der Waals surface area contributed by atoms with Gasteiger partial charge in [0.2, 0.25) is 0 Å². The average Bonchev–Trinajstić information content (AvgIpc) is 2.89. The summed E-state index contributed by atoms with van der Waals surface area (Å²) in [6.07, 6.45) is 2.47. The standard InChI is InChI=1S/C14H17N5O/c1-19-10-17-14(18-19)5-6-16-9-11-3-4-13(20-2)12(7-11)8-15/h3-4,7,10,16H,5-6,9H2,1-2H3. The van der Waals surface area contributed by atoms with Gasteiger partial charge in [-0.05, 0) is 17.7 Å². The van der Waals surface area contributed by atoms with E-state index in [-0.39, 0.29) is 0 Å². The summed E-state index contributed by atoms with van der Waals surface area (Å²) in [7, 11) is 3.42. The average molecular weight is 271 g/mol. The predicted molar refractivity (Wildman–Crippen MR) is 74.1 cm³/mol. The SMILES string of the molecule is COc1ccc(CNCCc2ncn(C)n2)cc1C#N. The van der Waals surface area contributed by atoms with Gasteiger partial charge in [-0.25, -0.2) is 4.98 Å². The molecule has 0 spiro atoms. The number of aryl methyl sites for hydroxylation is 1. The van der Waals surface area contributed by atoms with Gasteiger partial charge in [0.05, 0.1) is 12.7 Å². The molecule has 0 saturated heterocycles. The van der Waals surface area contributed by atoms with Gasteiger partial charge in [0.15, 0.2) is 5.82 Å². The van der Waals surface area contributed by atoms with Crippen molar-refractivity contribution in [1.82, 2.24) is 20.1 Å². The summed E-state index contributed by atoms with van der Waals surface area (Å²) in [6.45, 7) is 1.49. The molecular formula is C14H17N5O. The Balaban J connectivity index is 1.84. The maximum absolute atomic E-state index is 9.03. The van der Waals surface area contributed by atoms with E-state index in [1.165, 1.54) is 0 Å². The van der Waals surface area contributed by atoms with Gasteiger partial charge < -0.3 is 10.1 Å². The molecule has 0 aliphatic rings. The molecule has 0 aliphatic carbocycles. The van der Waals surface area contributed by atoms with E-state index < -0.39 is 0 Å². The van der Waals surface area contributed by atoms with E-state index in [0.717, 1.165) is 24.4 Å². The molecule has 2 aromatic rings. The Hall–Kier alpha value is -2.39. The fourth-order valence-corrected chi connectivity index (χ4v) is 1.88. The van der Waals surface area contributed by atoms with Gasteiger partial charge in [-0.1, -0.05) is 6.07 Å². The minimum atomic E-state index is 0.554. The van der Waals surface area contributed by atoms with E-state index in [1.54, 1.807) is 18.1 Å². The summed E-state index contributed by atoms with van der Waals surface area (Å²) >= 11 is 0. The third kappa shape index (κ3) is 3.56. The highest BCUT2D eigenvalue weighted by Crippen LogP contribution is 2.18. The van der Waals surface area contributed by atoms with E-state index in [9.17, 15) is 0 Å². The number of aromatic nitrogens is 3. The molecule has 0 radical (unpaired) electrons. The normalized spacial score (nSPS) is 10.2. The molecular weight excluding hydrogens is 254 g/mol. The number of rotatable bonds is 6. The second-order valence-corrected chi connectivity index (χ2v) is 4.41. The Morgan fingerprint density at radius 1 is 1.45 bits per heavy atom. The second-order valence-electron chi connectivity index (χ2n) is 4.41. The molecule has 1 aromatic carbocycles. The van der Waals surface area contributed by atoms with Crippen molar-refractivity contribution >= 4 is 0 Å². The third-order valence-corrected chi connectivity index (χ3v) is 2.89. The van der Waals surface area contributed by atoms with Crippen LogP contribution in [0.3, 0.4) is 0 Å². The topological polar surface area (TPSA) is 75.8 Å². The smallest absolute Gasteiger partial charge is 0.151 e. The predicted octanol–water partition coefficient (Wildman–Crippen LogP) is 1.03. The van der Waals surface area contributed by atoms with Gasteiger partial charge in [-0.15, -0.1) is 0 Å². The Morgan fingerprint density at radius 2 is 2.30 bits per heavy atom. The number of hydrogen-bond donors (Lipinski definition) is 1. The number of nitrogens with zero attached hydrogens (tertiary/aromatic N) is 4. The zero-order valence-electron chi connectivity index (χ0n) is 11.6. The zero-order valence-corrected chi connectivity index (χ0v) is 11.6. The van der Waals surface area contributed by atoms with Crippen LogP contribution < -0.4 is 10.1 Å². The van der Waals surface area contributed by atoms with E-state index in [1.807, 2.05) is 25.2 Å². The summed E-state index contributed by atoms with van der Waals surface area (Å²) in [6, 6.07) is 7.73. The molecule has 104 valence electrons. The Labute approximate surface area is 118 Å². The molecule has 1 N–H and O–H groups in total. The first kappa shape index (κ1) is 14.0. The van der Waals surface area contributed by atoms with Crippen LogP contribution in [0.1, 0.15) is 17.0 Å². The van der Waals surface area contributed by atoms with Gasteiger partial charge in [0.25, 0.3) is 0 Å². The molecule has 20 heavy (non-hydrogen) atoms. The van der Waals surface area contributed by atoms with E-state index >= 15 is 0 Å². The number of ether oxygens (including phenoxy) is 1. The van der Waals surface area contributed by atoms with Crippen molar-refractivity contribution in [2.24, 2.45) is 7.05 Å². The van der Waals surface area contributed by atoms with Crippen molar-refractivity contribution in [1.29, 1.82) is 5.26 Å². The van der Waals surface area contributed by atoms with Crippen LogP contribution in [0.2, 0.25) is 0 Å². The number of nitrogens with one attached hydrogen (secondary N) is 1. The molecule has 0 saturated carbocycles. The fraction of sp³-hybridized carbons (Fsp3) is 0.357. The van der Waals surface area contributed by atoms with Crippen LogP contribution in [-0.2, 0) is 20.0 Å². The van der Waals surface area contributed by atoms with E-state index in [4.69, 9.17) is 10.00 Å². The van der Waals surface area contributed by atoms with Crippen molar-refractivity contribution in [2.45, 2.75) is 13.0 Å². The fourth-order valence-electron chi connectivity index (χ4n) is 1.88. The van der Waals surface area contributed by atoms with Gasteiger partial charge in [0, 0.05) is 26.6 Å². The maximum Gasteiger partial charge on any atom is 0.151 e. The van der Waals surface area contributed by atoms with Crippen molar-refractivity contribution in [2.75, 3.05) is 13.7 Å². The molecule has 0 fully saturated rings. The van der Waals surface area contributed by atoms with Gasteiger partial charge in [-0.2, -0.15) is 10.4 Å². The van der Waals surface area contributed by atoms with Crippen LogP contribution in [0.5, 0.6) is 5.75 Å². The maximum atomic E-state index is 9.03. The highest BCUT2D eigenvalue weighted by atomic mass is 16.5. The number of hydrogen-bond acceptors (Lipinski definition) is 5. The lowest BCUT2D eigenvalue weighted by Gasteiger charge is -2.07. The minimum absolute atomic E-state index is 0.554. The van der Waals surface area contributed by atoms with Crippen LogP contribution in [0.15, 0.2) is 24.5 Å². The molecule has 0 amide bonds. The molecule has 1 aromatic heterocycles. The molecule has 0 atom stereocenters. The molecule has 6 heteroatoms. The van der Waals surface area contributed by atoms with Gasteiger partial charge in [0.1, 0.15) is 18.1 Å². The first-order chi connectivity index (χ1) is 9.72. The number of nitriles is 1. The molecule has 0 bridgehead atoms. The Kier molecular flexibility index (Phi) is 4.69. The van der Waals surface area contributed by atoms with Gasteiger partial charge in [-0.3, -0.25) is 4.68 Å².